The van der Waals surface area contributed by atoms with Gasteiger partial charge in [0.05, 0.1) is 18.6 Å². The quantitative estimate of drug-likeness (QED) is 0.135. The van der Waals surface area contributed by atoms with Crippen LogP contribution in [0.1, 0.15) is 37.0 Å². The predicted molar refractivity (Wildman–Crippen MR) is 178 cm³/mol. The Morgan fingerprint density at radius 1 is 1.08 bits per heavy atom. The van der Waals surface area contributed by atoms with Gasteiger partial charge >= 0.3 is 5.69 Å². The van der Waals surface area contributed by atoms with E-state index in [1.54, 1.807) is 24.3 Å². The van der Waals surface area contributed by atoms with Crippen molar-refractivity contribution in [3.8, 4) is 23.0 Å². The number of rotatable bonds is 10. The zero-order valence-electron chi connectivity index (χ0n) is 27.4. The Bertz CT molecular complexity index is 1700. The number of nitro benzene ring substituents is 1. The number of phenols is 1. The molecule has 4 bridgehead atoms. The first-order chi connectivity index (χ1) is 23.4. The summed E-state index contributed by atoms with van der Waals surface area (Å²) in [7, 11) is 1.30. The molecule has 0 aliphatic carbocycles. The summed E-state index contributed by atoms with van der Waals surface area (Å²) in [5, 5.41) is 33.6. The van der Waals surface area contributed by atoms with E-state index < -0.39 is 52.4 Å². The topological polar surface area (TPSA) is 224 Å². The summed E-state index contributed by atoms with van der Waals surface area (Å²) >= 11 is 0. The van der Waals surface area contributed by atoms with Crippen LogP contribution in [0, 0.1) is 16.0 Å². The van der Waals surface area contributed by atoms with Crippen LogP contribution in [0.15, 0.2) is 60.7 Å². The molecular formula is C34H40N6O9. The van der Waals surface area contributed by atoms with Crippen LogP contribution >= 0.6 is 0 Å². The van der Waals surface area contributed by atoms with E-state index in [2.05, 4.69) is 21.3 Å². The van der Waals surface area contributed by atoms with Gasteiger partial charge in [-0.05, 0) is 47.2 Å². The lowest BCUT2D eigenvalue weighted by Gasteiger charge is -2.26. The highest BCUT2D eigenvalue weighted by Crippen LogP contribution is 2.42. The maximum Gasteiger partial charge on any atom is 0.311 e. The van der Waals surface area contributed by atoms with E-state index in [9.17, 15) is 34.4 Å². The molecule has 15 nitrogen and oxygen atoms in total. The number of nitrogens with zero attached hydrogens (tertiary/aromatic N) is 1. The molecule has 0 saturated heterocycles. The molecule has 0 aromatic heterocycles. The van der Waals surface area contributed by atoms with Gasteiger partial charge in [-0.3, -0.25) is 29.3 Å². The lowest BCUT2D eigenvalue weighted by atomic mass is 9.99. The molecule has 2 heterocycles. The molecule has 3 atom stereocenters. The van der Waals surface area contributed by atoms with E-state index in [0.29, 0.717) is 5.56 Å². The number of fused-ring (bicyclic) bond motifs is 9. The number of carbonyl (C=O) groups is 4. The number of phenolic OH excluding ortho intramolecular Hbond substituents is 1. The molecule has 7 N–H and O–H groups in total. The molecule has 0 unspecified atom stereocenters. The molecule has 0 saturated carbocycles. The van der Waals surface area contributed by atoms with Crippen molar-refractivity contribution in [1.82, 2.24) is 21.3 Å². The minimum atomic E-state index is -1.33. The number of amides is 4. The van der Waals surface area contributed by atoms with Gasteiger partial charge < -0.3 is 41.6 Å². The number of ether oxygens (including phenoxy) is 2. The zero-order chi connectivity index (χ0) is 35.7. The highest BCUT2D eigenvalue weighted by Gasteiger charge is 2.31. The van der Waals surface area contributed by atoms with Crippen molar-refractivity contribution in [3.63, 3.8) is 0 Å². The molecule has 2 aliphatic rings. The van der Waals surface area contributed by atoms with Crippen LogP contribution in [-0.2, 0) is 38.6 Å². The van der Waals surface area contributed by atoms with Crippen LogP contribution in [0.25, 0.3) is 0 Å². The maximum atomic E-state index is 14.0. The fourth-order valence-electron chi connectivity index (χ4n) is 5.38. The Balaban J connectivity index is 1.79. The molecule has 0 fully saturated rings. The first-order valence-electron chi connectivity index (χ1n) is 15.6. The summed E-state index contributed by atoms with van der Waals surface area (Å²) in [6.45, 7) is 3.25. The monoisotopic (exact) mass is 676 g/mol. The normalized spacial score (nSPS) is 16.9. The number of nitrogens with two attached hydrogens (primary N) is 1. The number of methoxy groups -OCH3 is 1. The van der Waals surface area contributed by atoms with Gasteiger partial charge in [0.25, 0.3) is 0 Å². The van der Waals surface area contributed by atoms with Crippen LogP contribution in [0.2, 0.25) is 0 Å². The van der Waals surface area contributed by atoms with Gasteiger partial charge in [0.2, 0.25) is 35.1 Å². The zero-order valence-corrected chi connectivity index (χ0v) is 27.4. The summed E-state index contributed by atoms with van der Waals surface area (Å²) in [5.74, 6) is -3.18. The number of aromatic hydroxyl groups is 1. The Morgan fingerprint density at radius 3 is 2.47 bits per heavy atom. The maximum absolute atomic E-state index is 14.0. The second-order valence-electron chi connectivity index (χ2n) is 12.0. The Labute approximate surface area is 282 Å². The molecule has 0 radical (unpaired) electrons. The van der Waals surface area contributed by atoms with Gasteiger partial charge in [-0.2, -0.15) is 0 Å². The van der Waals surface area contributed by atoms with Gasteiger partial charge in [-0.1, -0.05) is 50.2 Å². The average Bonchev–Trinajstić information content (AvgIpc) is 3.06. The minimum Gasteiger partial charge on any atom is -0.504 e. The molecule has 3 aromatic rings. The van der Waals surface area contributed by atoms with Crippen molar-refractivity contribution in [2.24, 2.45) is 11.7 Å². The standard InChI is InChI=1S/C34H40N6O9/c1-19(2)11-23(37-30(42)17-35)33(44)39-25-13-21-9-10-28(26(14-21)40(46)47)49-29-16-22(15-27(41)31(29)48-3)18-36-32(43)24(38-34(25)45)12-20-7-5-4-6-8-20/h4-10,14-16,19,23-25,41H,11-13,17-18,35H2,1-3H3,(H,36,43)(H,37,42)(H,38,45)(H,39,44)/t23-,24-,25+/m0/s1. The van der Waals surface area contributed by atoms with Crippen LogP contribution in [0.5, 0.6) is 23.0 Å². The third-order valence-electron chi connectivity index (χ3n) is 7.74. The lowest BCUT2D eigenvalue weighted by Crippen LogP contribution is -2.58. The molecule has 49 heavy (non-hydrogen) atoms. The lowest BCUT2D eigenvalue weighted by molar-refractivity contribution is -0.385. The van der Waals surface area contributed by atoms with E-state index in [1.165, 1.54) is 37.4 Å². The summed E-state index contributed by atoms with van der Waals surface area (Å²) in [6, 6.07) is 12.3. The third kappa shape index (κ3) is 9.67. The van der Waals surface area contributed by atoms with Crippen molar-refractivity contribution in [3.05, 3.63) is 87.5 Å². The summed E-state index contributed by atoms with van der Waals surface area (Å²) in [4.78, 5) is 64.8. The molecule has 4 amide bonds. The Kier molecular flexibility index (Phi) is 12.1. The summed E-state index contributed by atoms with van der Waals surface area (Å²) < 4.78 is 11.2. The van der Waals surface area contributed by atoms with Crippen LogP contribution in [0.4, 0.5) is 5.69 Å². The van der Waals surface area contributed by atoms with Crippen molar-refractivity contribution in [1.29, 1.82) is 0 Å². The second-order valence-corrected chi connectivity index (χ2v) is 12.0. The van der Waals surface area contributed by atoms with Crippen molar-refractivity contribution in [2.75, 3.05) is 13.7 Å². The molecule has 260 valence electrons. The first-order valence-corrected chi connectivity index (χ1v) is 15.6. The van der Waals surface area contributed by atoms with E-state index >= 15 is 0 Å². The van der Waals surface area contributed by atoms with Crippen LogP contribution < -0.4 is 36.5 Å². The predicted octanol–water partition coefficient (Wildman–Crippen LogP) is 1.98. The van der Waals surface area contributed by atoms with Gasteiger partial charge in [0, 0.05) is 25.5 Å². The van der Waals surface area contributed by atoms with Crippen LogP contribution in [-0.4, -0.2) is 65.4 Å². The van der Waals surface area contributed by atoms with Gasteiger partial charge in [-0.15, -0.1) is 0 Å². The van der Waals surface area contributed by atoms with E-state index in [1.807, 2.05) is 19.9 Å². The SMILES string of the molecule is COc1c(O)cc2cc1Oc1ccc(cc1[N+](=O)[O-])C[C@@H](NC(=O)[C@H](CC(C)C)NC(=O)CN)C(=O)N[C@@H](Cc1ccccc1)C(=O)NC2. The summed E-state index contributed by atoms with van der Waals surface area (Å²) in [5.41, 5.74) is 6.41. The highest BCUT2D eigenvalue weighted by atomic mass is 16.6. The number of nitro groups is 1. The number of hydrogen-bond acceptors (Lipinski definition) is 10. The first kappa shape index (κ1) is 36.1. The van der Waals surface area contributed by atoms with Gasteiger partial charge in [-0.25, -0.2) is 0 Å². The van der Waals surface area contributed by atoms with Crippen molar-refractivity contribution >= 4 is 29.3 Å². The smallest absolute Gasteiger partial charge is 0.311 e. The van der Waals surface area contributed by atoms with Crippen molar-refractivity contribution < 1.29 is 38.7 Å². The largest absolute Gasteiger partial charge is 0.504 e. The number of nitrogens with one attached hydrogen (secondary N) is 4. The minimum absolute atomic E-state index is 0.0195. The molecule has 0 spiro atoms. The van der Waals surface area contributed by atoms with E-state index in [-0.39, 0.29) is 66.8 Å². The van der Waals surface area contributed by atoms with E-state index in [0.717, 1.165) is 5.56 Å². The molecule has 2 aliphatic heterocycles. The highest BCUT2D eigenvalue weighted by molar-refractivity contribution is 5.94. The van der Waals surface area contributed by atoms with E-state index in [4.69, 9.17) is 15.2 Å². The van der Waals surface area contributed by atoms with Gasteiger partial charge in [0.1, 0.15) is 18.1 Å². The van der Waals surface area contributed by atoms with Crippen LogP contribution in [0.3, 0.4) is 0 Å². The Hall–Kier alpha value is -5.70. The Morgan fingerprint density at radius 2 is 1.82 bits per heavy atom. The number of hydrogen-bond donors (Lipinski definition) is 6. The third-order valence-corrected chi connectivity index (χ3v) is 7.74. The van der Waals surface area contributed by atoms with Gasteiger partial charge in [0.15, 0.2) is 11.5 Å². The number of carbonyl (C=O) groups excluding carboxylic acids is 4. The van der Waals surface area contributed by atoms with Crippen molar-refractivity contribution in [2.45, 2.75) is 57.8 Å². The fraction of sp³-hybridized carbons (Fsp3) is 0.353. The molecule has 3 aromatic carbocycles. The second kappa shape index (κ2) is 16.4. The molecule has 5 rings (SSSR count). The molecule has 15 heteroatoms. The number of benzene rings is 3. The molecular weight excluding hydrogens is 636 g/mol. The fourth-order valence-corrected chi connectivity index (χ4v) is 5.38. The average molecular weight is 677 g/mol. The summed E-state index contributed by atoms with van der Waals surface area (Å²) in [6.07, 6.45) is 0.100.